The lowest BCUT2D eigenvalue weighted by Gasteiger charge is -2.07. The summed E-state index contributed by atoms with van der Waals surface area (Å²) in [6.45, 7) is 0.905. The van der Waals surface area contributed by atoms with Gasteiger partial charge in [-0.1, -0.05) is 0 Å². The summed E-state index contributed by atoms with van der Waals surface area (Å²) in [5.41, 5.74) is 1.57. The summed E-state index contributed by atoms with van der Waals surface area (Å²) in [7, 11) is 0. The predicted molar refractivity (Wildman–Crippen MR) is 59.0 cm³/mol. The van der Waals surface area contributed by atoms with Gasteiger partial charge in [0.2, 0.25) is 0 Å². The average Bonchev–Trinajstić information content (AvgIpc) is 2.20. The van der Waals surface area contributed by atoms with Crippen LogP contribution in [0.1, 0.15) is 12.0 Å². The number of rotatable bonds is 4. The van der Waals surface area contributed by atoms with Crippen molar-refractivity contribution < 1.29 is 5.11 Å². The van der Waals surface area contributed by atoms with Crippen molar-refractivity contribution in [3.63, 3.8) is 0 Å². The monoisotopic (exact) mass is 254 g/mol. The van der Waals surface area contributed by atoms with Crippen molar-refractivity contribution >= 4 is 21.6 Å². The number of aliphatic hydroxyl groups is 1. The minimum Gasteiger partial charge on any atom is -0.396 e. The Hall–Kier alpha value is -1.05. The van der Waals surface area contributed by atoms with E-state index >= 15 is 0 Å². The number of hydrogen-bond acceptors (Lipinski definition) is 3. The van der Waals surface area contributed by atoms with E-state index in [1.54, 1.807) is 12.1 Å². The first kappa shape index (κ1) is 11.0. The van der Waals surface area contributed by atoms with E-state index in [1.165, 1.54) is 0 Å². The number of anilines is 1. The molecule has 0 aromatic heterocycles. The fraction of sp³-hybridized carbons (Fsp3) is 0.300. The highest BCUT2D eigenvalue weighted by atomic mass is 79.9. The SMILES string of the molecule is N#Cc1ccc(NCCCO)c(Br)c1. The molecule has 0 saturated carbocycles. The maximum absolute atomic E-state index is 8.64. The van der Waals surface area contributed by atoms with Crippen LogP contribution >= 0.6 is 15.9 Å². The second-order valence-electron chi connectivity index (χ2n) is 2.81. The molecule has 0 aliphatic heterocycles. The number of halogens is 1. The van der Waals surface area contributed by atoms with Crippen LogP contribution in [0.3, 0.4) is 0 Å². The third-order valence-corrected chi connectivity index (χ3v) is 2.40. The molecule has 0 aliphatic rings. The van der Waals surface area contributed by atoms with Gasteiger partial charge in [-0.3, -0.25) is 0 Å². The number of nitrogens with zero attached hydrogens (tertiary/aromatic N) is 1. The van der Waals surface area contributed by atoms with E-state index in [9.17, 15) is 0 Å². The normalized spacial score (nSPS) is 9.50. The molecule has 4 heteroatoms. The molecular weight excluding hydrogens is 244 g/mol. The van der Waals surface area contributed by atoms with Gasteiger partial charge in [0.05, 0.1) is 11.6 Å². The van der Waals surface area contributed by atoms with Crippen LogP contribution in [0.25, 0.3) is 0 Å². The van der Waals surface area contributed by atoms with Crippen LogP contribution in [-0.4, -0.2) is 18.3 Å². The largest absolute Gasteiger partial charge is 0.396 e. The van der Waals surface area contributed by atoms with Gasteiger partial charge in [0, 0.05) is 23.3 Å². The summed E-state index contributed by atoms with van der Waals surface area (Å²) in [5, 5.41) is 20.4. The molecule has 0 atom stereocenters. The van der Waals surface area contributed by atoms with Crippen LogP contribution in [-0.2, 0) is 0 Å². The third-order valence-electron chi connectivity index (χ3n) is 1.75. The highest BCUT2D eigenvalue weighted by molar-refractivity contribution is 9.10. The second-order valence-corrected chi connectivity index (χ2v) is 3.66. The van der Waals surface area contributed by atoms with E-state index in [2.05, 4.69) is 27.3 Å². The quantitative estimate of drug-likeness (QED) is 0.810. The molecule has 0 aliphatic carbocycles. The predicted octanol–water partition coefficient (Wildman–Crippen LogP) is 2.12. The Labute approximate surface area is 91.5 Å². The smallest absolute Gasteiger partial charge is 0.0992 e. The van der Waals surface area contributed by atoms with E-state index in [0.717, 1.165) is 16.7 Å². The van der Waals surface area contributed by atoms with Crippen molar-refractivity contribution in [3.05, 3.63) is 28.2 Å². The molecule has 0 heterocycles. The van der Waals surface area contributed by atoms with Gasteiger partial charge in [-0.05, 0) is 40.5 Å². The van der Waals surface area contributed by atoms with Crippen LogP contribution in [0, 0.1) is 11.3 Å². The lowest BCUT2D eigenvalue weighted by Crippen LogP contribution is -2.03. The molecule has 2 N–H and O–H groups in total. The number of benzene rings is 1. The fourth-order valence-electron chi connectivity index (χ4n) is 1.03. The second kappa shape index (κ2) is 5.63. The van der Waals surface area contributed by atoms with Gasteiger partial charge < -0.3 is 10.4 Å². The molecule has 0 bridgehead atoms. The van der Waals surface area contributed by atoms with Crippen molar-refractivity contribution in [1.82, 2.24) is 0 Å². The van der Waals surface area contributed by atoms with E-state index in [1.807, 2.05) is 6.07 Å². The van der Waals surface area contributed by atoms with Crippen LogP contribution in [0.4, 0.5) is 5.69 Å². The van der Waals surface area contributed by atoms with Gasteiger partial charge in [-0.2, -0.15) is 5.26 Å². The van der Waals surface area contributed by atoms with E-state index < -0.39 is 0 Å². The molecule has 0 saturated heterocycles. The van der Waals surface area contributed by atoms with Gasteiger partial charge in [-0.25, -0.2) is 0 Å². The van der Waals surface area contributed by atoms with E-state index in [4.69, 9.17) is 10.4 Å². The Bertz CT molecular complexity index is 346. The number of nitrogens with one attached hydrogen (secondary N) is 1. The summed E-state index contributed by atoms with van der Waals surface area (Å²) in [5.74, 6) is 0. The first-order valence-electron chi connectivity index (χ1n) is 4.32. The van der Waals surface area contributed by atoms with Crippen LogP contribution in [0.5, 0.6) is 0 Å². The molecule has 3 nitrogen and oxygen atoms in total. The molecule has 0 radical (unpaired) electrons. The minimum absolute atomic E-state index is 0.181. The lowest BCUT2D eigenvalue weighted by atomic mass is 10.2. The summed E-state index contributed by atoms with van der Waals surface area (Å²) in [6, 6.07) is 7.43. The first-order valence-corrected chi connectivity index (χ1v) is 5.11. The zero-order chi connectivity index (χ0) is 10.4. The number of nitriles is 1. The highest BCUT2D eigenvalue weighted by Gasteiger charge is 1.99. The van der Waals surface area contributed by atoms with Crippen molar-refractivity contribution in [2.45, 2.75) is 6.42 Å². The molecule has 74 valence electrons. The molecule has 0 fully saturated rings. The first-order chi connectivity index (χ1) is 6.77. The number of aliphatic hydroxyl groups excluding tert-OH is 1. The number of hydrogen-bond donors (Lipinski definition) is 2. The Morgan fingerprint density at radius 3 is 2.86 bits per heavy atom. The Kier molecular flexibility index (Phi) is 4.44. The van der Waals surface area contributed by atoms with Crippen LogP contribution < -0.4 is 5.32 Å². The lowest BCUT2D eigenvalue weighted by molar-refractivity contribution is 0.292. The van der Waals surface area contributed by atoms with Crippen LogP contribution in [0.2, 0.25) is 0 Å². The van der Waals surface area contributed by atoms with Gasteiger partial charge in [0.1, 0.15) is 0 Å². The van der Waals surface area contributed by atoms with Crippen molar-refractivity contribution in [2.75, 3.05) is 18.5 Å². The van der Waals surface area contributed by atoms with E-state index in [-0.39, 0.29) is 6.61 Å². The molecular formula is C10H11BrN2O. The molecule has 0 spiro atoms. The fourth-order valence-corrected chi connectivity index (χ4v) is 1.55. The van der Waals surface area contributed by atoms with Gasteiger partial charge in [0.15, 0.2) is 0 Å². The zero-order valence-electron chi connectivity index (χ0n) is 7.63. The minimum atomic E-state index is 0.181. The van der Waals surface area contributed by atoms with Crippen LogP contribution in [0.15, 0.2) is 22.7 Å². The van der Waals surface area contributed by atoms with E-state index in [0.29, 0.717) is 12.0 Å². The average molecular weight is 255 g/mol. The van der Waals surface area contributed by atoms with Gasteiger partial charge in [0.25, 0.3) is 0 Å². The highest BCUT2D eigenvalue weighted by Crippen LogP contribution is 2.23. The molecule has 14 heavy (non-hydrogen) atoms. The Morgan fingerprint density at radius 2 is 2.29 bits per heavy atom. The molecule has 1 aromatic carbocycles. The third kappa shape index (κ3) is 3.02. The Balaban J connectivity index is 2.65. The standard InChI is InChI=1S/C10H11BrN2O/c11-9-6-8(7-12)2-3-10(9)13-4-1-5-14/h2-3,6,13-14H,1,4-5H2. The molecule has 1 rings (SSSR count). The van der Waals surface area contributed by atoms with Gasteiger partial charge in [-0.15, -0.1) is 0 Å². The maximum atomic E-state index is 8.64. The summed E-state index contributed by atoms with van der Waals surface area (Å²) < 4.78 is 0.870. The topological polar surface area (TPSA) is 56.0 Å². The summed E-state index contributed by atoms with van der Waals surface area (Å²) in [4.78, 5) is 0. The Morgan fingerprint density at radius 1 is 1.50 bits per heavy atom. The van der Waals surface area contributed by atoms with Gasteiger partial charge >= 0.3 is 0 Å². The molecule has 1 aromatic rings. The van der Waals surface area contributed by atoms with Crippen molar-refractivity contribution in [1.29, 1.82) is 5.26 Å². The maximum Gasteiger partial charge on any atom is 0.0992 e. The zero-order valence-corrected chi connectivity index (χ0v) is 9.21. The molecule has 0 amide bonds. The van der Waals surface area contributed by atoms with Crippen molar-refractivity contribution in [2.24, 2.45) is 0 Å². The molecule has 0 unspecified atom stereocenters. The summed E-state index contributed by atoms with van der Waals surface area (Å²) in [6.07, 6.45) is 0.715. The summed E-state index contributed by atoms with van der Waals surface area (Å²) >= 11 is 3.36. The van der Waals surface area contributed by atoms with Crippen molar-refractivity contribution in [3.8, 4) is 6.07 Å².